The Morgan fingerprint density at radius 3 is 2.79 bits per heavy atom. The minimum atomic E-state index is 0.108. The first kappa shape index (κ1) is 14.6. The maximum atomic E-state index is 5.97. The number of rotatable bonds is 5. The van der Waals surface area contributed by atoms with Gasteiger partial charge in [-0.2, -0.15) is 0 Å². The van der Waals surface area contributed by atoms with Crippen molar-refractivity contribution in [3.63, 3.8) is 0 Å². The molecule has 0 spiro atoms. The second-order valence-corrected chi connectivity index (χ2v) is 5.70. The van der Waals surface area contributed by atoms with E-state index in [0.29, 0.717) is 18.1 Å². The zero-order valence-electron chi connectivity index (χ0n) is 10.6. The molecule has 1 aromatic carbocycles. The van der Waals surface area contributed by atoms with E-state index in [2.05, 4.69) is 20.8 Å². The summed E-state index contributed by atoms with van der Waals surface area (Å²) in [5.41, 5.74) is 7.04. The van der Waals surface area contributed by atoms with E-state index in [1.54, 1.807) is 6.26 Å². The minimum absolute atomic E-state index is 0.108. The molecule has 5 heteroatoms. The van der Waals surface area contributed by atoms with Crippen molar-refractivity contribution in [2.75, 3.05) is 13.6 Å². The molecule has 0 aliphatic rings. The Kier molecular flexibility index (Phi) is 5.05. The Bertz CT molecular complexity index is 530. The highest BCUT2D eigenvalue weighted by molar-refractivity contribution is 9.10. The van der Waals surface area contributed by atoms with Gasteiger partial charge in [-0.05, 0) is 36.9 Å². The molecule has 0 bridgehead atoms. The van der Waals surface area contributed by atoms with E-state index in [1.807, 2.05) is 37.4 Å². The first-order chi connectivity index (χ1) is 9.11. The van der Waals surface area contributed by atoms with E-state index in [-0.39, 0.29) is 6.04 Å². The molecule has 0 fully saturated rings. The highest BCUT2D eigenvalue weighted by Gasteiger charge is 2.19. The second-order valence-electron chi connectivity index (χ2n) is 4.41. The van der Waals surface area contributed by atoms with Crippen LogP contribution in [-0.2, 0) is 6.54 Å². The van der Waals surface area contributed by atoms with Crippen molar-refractivity contribution < 1.29 is 4.42 Å². The Hall–Kier alpha value is -0.810. The van der Waals surface area contributed by atoms with Gasteiger partial charge in [0, 0.05) is 22.1 Å². The number of furan rings is 1. The predicted octanol–water partition coefficient (Wildman–Crippen LogP) is 3.83. The summed E-state index contributed by atoms with van der Waals surface area (Å²) in [6, 6.07) is 9.73. The molecule has 1 atom stereocenters. The summed E-state index contributed by atoms with van der Waals surface area (Å²) in [7, 11) is 2.03. The van der Waals surface area contributed by atoms with Crippen LogP contribution in [0.25, 0.3) is 0 Å². The number of hydrogen-bond acceptors (Lipinski definition) is 3. The van der Waals surface area contributed by atoms with Crippen molar-refractivity contribution in [1.29, 1.82) is 0 Å². The summed E-state index contributed by atoms with van der Waals surface area (Å²) in [4.78, 5) is 2.16. The molecule has 0 aliphatic heterocycles. The van der Waals surface area contributed by atoms with Gasteiger partial charge >= 0.3 is 0 Å². The molecule has 1 heterocycles. The van der Waals surface area contributed by atoms with Gasteiger partial charge in [0.05, 0.1) is 12.8 Å². The molecule has 2 N–H and O–H groups in total. The Labute approximate surface area is 126 Å². The maximum absolute atomic E-state index is 5.97. The van der Waals surface area contributed by atoms with E-state index >= 15 is 0 Å². The standard InChI is InChI=1S/C14H16BrClN2O/c1-18(9-11-3-2-6-19-11)14(8-17)12-5-4-10(16)7-13(12)15/h2-7,14H,8-9,17H2,1H3. The predicted molar refractivity (Wildman–Crippen MR) is 81.1 cm³/mol. The smallest absolute Gasteiger partial charge is 0.117 e. The van der Waals surface area contributed by atoms with Crippen molar-refractivity contribution in [1.82, 2.24) is 4.90 Å². The van der Waals surface area contributed by atoms with Gasteiger partial charge in [0.15, 0.2) is 0 Å². The molecule has 19 heavy (non-hydrogen) atoms. The lowest BCUT2D eigenvalue weighted by molar-refractivity contribution is 0.222. The molecular formula is C14H16BrClN2O. The normalized spacial score (nSPS) is 12.9. The van der Waals surface area contributed by atoms with E-state index in [9.17, 15) is 0 Å². The van der Waals surface area contributed by atoms with Crippen LogP contribution in [0.2, 0.25) is 5.02 Å². The van der Waals surface area contributed by atoms with Crippen molar-refractivity contribution in [3.8, 4) is 0 Å². The number of hydrogen-bond donors (Lipinski definition) is 1. The van der Waals surface area contributed by atoms with Gasteiger partial charge in [-0.1, -0.05) is 33.6 Å². The lowest BCUT2D eigenvalue weighted by Gasteiger charge is -2.27. The molecule has 1 aromatic heterocycles. The van der Waals surface area contributed by atoms with Crippen LogP contribution < -0.4 is 5.73 Å². The molecule has 0 amide bonds. The fraction of sp³-hybridized carbons (Fsp3) is 0.286. The van der Waals surface area contributed by atoms with Gasteiger partial charge in [0.2, 0.25) is 0 Å². The second kappa shape index (κ2) is 6.57. The molecule has 1 unspecified atom stereocenters. The molecule has 0 aliphatic carbocycles. The summed E-state index contributed by atoms with van der Waals surface area (Å²) in [5.74, 6) is 0.922. The molecule has 0 radical (unpaired) electrons. The third kappa shape index (κ3) is 3.60. The molecule has 3 nitrogen and oxygen atoms in total. The minimum Gasteiger partial charge on any atom is -0.468 e. The lowest BCUT2D eigenvalue weighted by Crippen LogP contribution is -2.30. The third-order valence-electron chi connectivity index (χ3n) is 3.06. The first-order valence-electron chi connectivity index (χ1n) is 5.99. The zero-order valence-corrected chi connectivity index (χ0v) is 13.0. The van der Waals surface area contributed by atoms with Crippen LogP contribution >= 0.6 is 27.5 Å². The number of benzene rings is 1. The average Bonchev–Trinajstić information content (AvgIpc) is 2.85. The summed E-state index contributed by atoms with van der Waals surface area (Å²) < 4.78 is 6.34. The van der Waals surface area contributed by atoms with E-state index in [4.69, 9.17) is 21.8 Å². The molecular weight excluding hydrogens is 328 g/mol. The number of nitrogens with two attached hydrogens (primary N) is 1. The van der Waals surface area contributed by atoms with Crippen molar-refractivity contribution in [2.45, 2.75) is 12.6 Å². The molecule has 0 saturated heterocycles. The topological polar surface area (TPSA) is 42.4 Å². The van der Waals surface area contributed by atoms with E-state index < -0.39 is 0 Å². The van der Waals surface area contributed by atoms with Crippen LogP contribution in [0.15, 0.2) is 45.5 Å². The monoisotopic (exact) mass is 342 g/mol. The van der Waals surface area contributed by atoms with Gasteiger partial charge in [-0.15, -0.1) is 0 Å². The fourth-order valence-electron chi connectivity index (χ4n) is 2.07. The van der Waals surface area contributed by atoms with Gasteiger partial charge in [0.1, 0.15) is 5.76 Å². The highest BCUT2D eigenvalue weighted by atomic mass is 79.9. The van der Waals surface area contributed by atoms with Gasteiger partial charge in [-0.25, -0.2) is 0 Å². The first-order valence-corrected chi connectivity index (χ1v) is 7.16. The fourth-order valence-corrected chi connectivity index (χ4v) is 3.02. The SMILES string of the molecule is CN(Cc1ccco1)C(CN)c1ccc(Cl)cc1Br. The maximum Gasteiger partial charge on any atom is 0.117 e. The summed E-state index contributed by atoms with van der Waals surface area (Å²) in [5, 5.41) is 0.708. The zero-order chi connectivity index (χ0) is 13.8. The van der Waals surface area contributed by atoms with Crippen LogP contribution in [0.1, 0.15) is 17.4 Å². The molecule has 0 saturated carbocycles. The number of halogens is 2. The van der Waals surface area contributed by atoms with E-state index in [0.717, 1.165) is 15.8 Å². The van der Waals surface area contributed by atoms with Crippen molar-refractivity contribution in [3.05, 3.63) is 57.4 Å². The number of nitrogens with zero attached hydrogens (tertiary/aromatic N) is 1. The van der Waals surface area contributed by atoms with Gasteiger partial charge in [0.25, 0.3) is 0 Å². The number of likely N-dealkylation sites (N-methyl/N-ethyl adjacent to an activating group) is 1. The Morgan fingerprint density at radius 1 is 1.42 bits per heavy atom. The molecule has 2 aromatic rings. The van der Waals surface area contributed by atoms with Gasteiger partial charge < -0.3 is 10.2 Å². The average molecular weight is 344 g/mol. The summed E-state index contributed by atoms with van der Waals surface area (Å²) in [6.45, 7) is 1.24. The highest BCUT2D eigenvalue weighted by Crippen LogP contribution is 2.29. The van der Waals surface area contributed by atoms with Crippen LogP contribution in [0.4, 0.5) is 0 Å². The van der Waals surface area contributed by atoms with Crippen molar-refractivity contribution >= 4 is 27.5 Å². The Morgan fingerprint density at radius 2 is 2.21 bits per heavy atom. The molecule has 102 valence electrons. The third-order valence-corrected chi connectivity index (χ3v) is 3.98. The largest absolute Gasteiger partial charge is 0.468 e. The lowest BCUT2D eigenvalue weighted by atomic mass is 10.1. The van der Waals surface area contributed by atoms with Crippen LogP contribution in [0.5, 0.6) is 0 Å². The molecule has 2 rings (SSSR count). The van der Waals surface area contributed by atoms with Crippen LogP contribution in [0.3, 0.4) is 0 Å². The summed E-state index contributed by atoms with van der Waals surface area (Å²) >= 11 is 9.51. The summed E-state index contributed by atoms with van der Waals surface area (Å²) in [6.07, 6.45) is 1.68. The van der Waals surface area contributed by atoms with Gasteiger partial charge in [-0.3, -0.25) is 4.90 Å². The van der Waals surface area contributed by atoms with Crippen molar-refractivity contribution in [2.24, 2.45) is 5.73 Å². The quantitative estimate of drug-likeness (QED) is 0.897. The van der Waals surface area contributed by atoms with E-state index in [1.165, 1.54) is 0 Å². The van der Waals surface area contributed by atoms with Crippen LogP contribution in [0, 0.1) is 0 Å². The Balaban J connectivity index is 2.18. The van der Waals surface area contributed by atoms with Crippen LogP contribution in [-0.4, -0.2) is 18.5 Å².